The summed E-state index contributed by atoms with van der Waals surface area (Å²) in [6, 6.07) is 12.8. The molecule has 0 unspecified atom stereocenters. The van der Waals surface area contributed by atoms with Crippen molar-refractivity contribution in [2.45, 2.75) is 58.7 Å². The average molecular weight is 452 g/mol. The van der Waals surface area contributed by atoms with Crippen LogP contribution in [0.25, 0.3) is 0 Å². The second-order valence-electron chi connectivity index (χ2n) is 9.33. The van der Waals surface area contributed by atoms with Gasteiger partial charge in [0.05, 0.1) is 11.7 Å². The maximum Gasteiger partial charge on any atom is 0.147 e. The molecule has 0 spiro atoms. The molecule has 2 aliphatic heterocycles. The van der Waals surface area contributed by atoms with E-state index in [1.54, 1.807) is 12.1 Å². The van der Waals surface area contributed by atoms with Gasteiger partial charge in [-0.3, -0.25) is 4.90 Å². The number of ether oxygens (including phenoxy) is 1. The molecule has 0 saturated carbocycles. The summed E-state index contributed by atoms with van der Waals surface area (Å²) in [6.45, 7) is 10.1. The van der Waals surface area contributed by atoms with Crippen LogP contribution in [0.3, 0.4) is 0 Å². The van der Waals surface area contributed by atoms with Crippen LogP contribution >= 0.6 is 0 Å². The van der Waals surface area contributed by atoms with E-state index in [-0.39, 0.29) is 17.9 Å². The number of aryl methyl sites for hydroxylation is 1. The summed E-state index contributed by atoms with van der Waals surface area (Å²) in [5.41, 5.74) is 3.97. The van der Waals surface area contributed by atoms with E-state index in [2.05, 4.69) is 52.7 Å². The van der Waals surface area contributed by atoms with Gasteiger partial charge in [0.15, 0.2) is 0 Å². The molecule has 5 nitrogen and oxygen atoms in total. The highest BCUT2D eigenvalue weighted by molar-refractivity contribution is 5.60. The third-order valence-electron chi connectivity index (χ3n) is 6.85. The number of benzene rings is 2. The number of halogens is 1. The van der Waals surface area contributed by atoms with Gasteiger partial charge >= 0.3 is 0 Å². The van der Waals surface area contributed by atoms with Crippen LogP contribution in [0.15, 0.2) is 48.2 Å². The molecule has 0 aromatic heterocycles. The van der Waals surface area contributed by atoms with Crippen LogP contribution in [-0.2, 0) is 11.3 Å². The Balaban J connectivity index is 1.46. The molecule has 6 heteroatoms. The first-order valence-electron chi connectivity index (χ1n) is 11.9. The van der Waals surface area contributed by atoms with Crippen LogP contribution < -0.4 is 9.64 Å². The van der Waals surface area contributed by atoms with Gasteiger partial charge in [-0.25, -0.2) is 9.18 Å². The van der Waals surface area contributed by atoms with E-state index >= 15 is 0 Å². The molecule has 2 heterocycles. The van der Waals surface area contributed by atoms with Crippen molar-refractivity contribution >= 4 is 11.6 Å². The lowest BCUT2D eigenvalue weighted by Crippen LogP contribution is -2.55. The normalized spacial score (nSPS) is 21.8. The SMILES string of the molecule is Cc1ccc(OCN2C[C@@H](C)N(Cc3ccc(F)cc3)C(=C=O)[C@@H]2C)c(N2CCCCC2)c1. The Kier molecular flexibility index (Phi) is 7.36. The smallest absolute Gasteiger partial charge is 0.147 e. The maximum atomic E-state index is 13.3. The second-order valence-corrected chi connectivity index (χ2v) is 9.33. The number of hydrogen-bond acceptors (Lipinski definition) is 5. The zero-order valence-electron chi connectivity index (χ0n) is 19.9. The number of hydrogen-bond donors (Lipinski definition) is 0. The highest BCUT2D eigenvalue weighted by Crippen LogP contribution is 2.33. The molecule has 2 saturated heterocycles. The van der Waals surface area contributed by atoms with Gasteiger partial charge in [0.2, 0.25) is 0 Å². The fourth-order valence-corrected chi connectivity index (χ4v) is 4.87. The van der Waals surface area contributed by atoms with Gasteiger partial charge in [-0.05, 0) is 75.4 Å². The van der Waals surface area contributed by atoms with Crippen molar-refractivity contribution < 1.29 is 13.9 Å². The predicted octanol–water partition coefficient (Wildman–Crippen LogP) is 4.77. The largest absolute Gasteiger partial charge is 0.476 e. The zero-order chi connectivity index (χ0) is 23.4. The van der Waals surface area contributed by atoms with Crippen LogP contribution in [0.4, 0.5) is 10.1 Å². The standard InChI is InChI=1S/C27H34FN3O2/c1-20-7-12-27(25(15-20)29-13-5-4-6-14-29)33-19-30-16-21(2)31(26(18-32)22(30)3)17-23-8-10-24(28)11-9-23/h7-12,15,21-22H,4-6,13-14,16-17,19H2,1-3H3/t21-,22+/m1/s1. The summed E-state index contributed by atoms with van der Waals surface area (Å²) in [5.74, 6) is 2.82. The maximum absolute atomic E-state index is 13.3. The van der Waals surface area contributed by atoms with E-state index < -0.39 is 0 Å². The number of piperazine rings is 1. The molecule has 33 heavy (non-hydrogen) atoms. The van der Waals surface area contributed by atoms with Crippen molar-refractivity contribution in [2.24, 2.45) is 0 Å². The lowest BCUT2D eigenvalue weighted by molar-refractivity contribution is 0.0287. The first kappa shape index (κ1) is 23.3. The van der Waals surface area contributed by atoms with E-state index in [1.807, 2.05) is 6.92 Å². The van der Waals surface area contributed by atoms with E-state index in [1.165, 1.54) is 37.0 Å². The first-order valence-corrected chi connectivity index (χ1v) is 11.9. The first-order chi connectivity index (χ1) is 16.0. The molecule has 2 fully saturated rings. The summed E-state index contributed by atoms with van der Waals surface area (Å²) >= 11 is 0. The topological polar surface area (TPSA) is 36.0 Å². The molecule has 0 amide bonds. The number of rotatable bonds is 6. The van der Waals surface area contributed by atoms with Gasteiger partial charge in [0, 0.05) is 32.2 Å². The molecular formula is C27H34FN3O2. The van der Waals surface area contributed by atoms with Crippen LogP contribution in [0.2, 0.25) is 0 Å². The Hall–Kier alpha value is -2.82. The highest BCUT2D eigenvalue weighted by Gasteiger charge is 2.34. The van der Waals surface area contributed by atoms with Crippen molar-refractivity contribution in [3.63, 3.8) is 0 Å². The predicted molar refractivity (Wildman–Crippen MR) is 130 cm³/mol. The Morgan fingerprint density at radius 3 is 2.48 bits per heavy atom. The number of anilines is 1. The Morgan fingerprint density at radius 2 is 1.79 bits per heavy atom. The minimum atomic E-state index is -0.256. The Labute approximate surface area is 196 Å². The van der Waals surface area contributed by atoms with E-state index in [0.717, 1.165) is 36.6 Å². The third-order valence-corrected chi connectivity index (χ3v) is 6.85. The monoisotopic (exact) mass is 451 g/mol. The summed E-state index contributed by atoms with van der Waals surface area (Å²) in [5, 5.41) is 0. The Morgan fingerprint density at radius 1 is 1.06 bits per heavy atom. The third kappa shape index (κ3) is 5.40. The van der Waals surface area contributed by atoms with Gasteiger partial charge in [0.25, 0.3) is 0 Å². The van der Waals surface area contributed by atoms with E-state index in [0.29, 0.717) is 19.0 Å². The van der Waals surface area contributed by atoms with E-state index in [9.17, 15) is 9.18 Å². The fourth-order valence-electron chi connectivity index (χ4n) is 4.87. The molecule has 2 atom stereocenters. The molecule has 176 valence electrons. The average Bonchev–Trinajstić information content (AvgIpc) is 2.83. The van der Waals surface area contributed by atoms with Crippen molar-refractivity contribution in [1.29, 1.82) is 0 Å². The summed E-state index contributed by atoms with van der Waals surface area (Å²) in [6.07, 6.45) is 3.72. The lowest BCUT2D eigenvalue weighted by atomic mass is 10.0. The van der Waals surface area contributed by atoms with Crippen LogP contribution in [0, 0.1) is 12.7 Å². The lowest BCUT2D eigenvalue weighted by Gasteiger charge is -2.45. The molecule has 0 N–H and O–H groups in total. The zero-order valence-corrected chi connectivity index (χ0v) is 19.9. The minimum absolute atomic E-state index is 0.103. The quantitative estimate of drug-likeness (QED) is 0.591. The van der Waals surface area contributed by atoms with Crippen LogP contribution in [-0.4, -0.2) is 54.2 Å². The molecule has 2 aliphatic rings. The summed E-state index contributed by atoms with van der Waals surface area (Å²) in [4.78, 5) is 18.6. The molecule has 4 rings (SSSR count). The van der Waals surface area contributed by atoms with Gasteiger partial charge in [-0.1, -0.05) is 18.2 Å². The number of nitrogens with zero attached hydrogens (tertiary/aromatic N) is 3. The second kappa shape index (κ2) is 10.4. The number of piperidine rings is 1. The number of carbonyl (C=O) groups excluding carboxylic acids is 1. The fraction of sp³-hybridized carbons (Fsp3) is 0.481. The Bertz CT molecular complexity index is 997. The van der Waals surface area contributed by atoms with E-state index in [4.69, 9.17) is 4.74 Å². The molecular weight excluding hydrogens is 417 g/mol. The highest BCUT2D eigenvalue weighted by atomic mass is 19.1. The molecule has 2 aromatic carbocycles. The van der Waals surface area contributed by atoms with Gasteiger partial charge in [0.1, 0.15) is 29.9 Å². The van der Waals surface area contributed by atoms with Gasteiger partial charge in [-0.15, -0.1) is 0 Å². The molecule has 0 aliphatic carbocycles. The minimum Gasteiger partial charge on any atom is -0.476 e. The van der Waals surface area contributed by atoms with Crippen molar-refractivity contribution in [3.8, 4) is 5.75 Å². The van der Waals surface area contributed by atoms with Crippen LogP contribution in [0.1, 0.15) is 44.2 Å². The van der Waals surface area contributed by atoms with Crippen molar-refractivity contribution in [1.82, 2.24) is 9.80 Å². The van der Waals surface area contributed by atoms with Crippen molar-refractivity contribution in [2.75, 3.05) is 31.3 Å². The van der Waals surface area contributed by atoms with Gasteiger partial charge in [-0.2, -0.15) is 0 Å². The molecule has 0 bridgehead atoms. The molecule has 0 radical (unpaired) electrons. The summed E-state index contributed by atoms with van der Waals surface area (Å²) < 4.78 is 19.6. The summed E-state index contributed by atoms with van der Waals surface area (Å²) in [7, 11) is 0. The van der Waals surface area contributed by atoms with Crippen LogP contribution in [0.5, 0.6) is 5.75 Å². The van der Waals surface area contributed by atoms with Crippen molar-refractivity contribution in [3.05, 3.63) is 65.1 Å². The molecule has 2 aromatic rings. The van der Waals surface area contributed by atoms with Gasteiger partial charge < -0.3 is 14.5 Å².